The van der Waals surface area contributed by atoms with E-state index in [4.69, 9.17) is 13.9 Å². The molecule has 3 rings (SSSR count). The van der Waals surface area contributed by atoms with E-state index in [0.29, 0.717) is 5.56 Å². The lowest BCUT2D eigenvalue weighted by Crippen LogP contribution is -2.28. The SMILES string of the molecule is Cc1ccc(C(C)(C)C)c(Oc2c(C(F)(F)F)oc3cc(OCC(=O)[O-])ccc3c2=O)c1. The number of halogens is 3. The Morgan fingerprint density at radius 3 is 2.38 bits per heavy atom. The Balaban J connectivity index is 2.20. The zero-order chi connectivity index (χ0) is 23.8. The fourth-order valence-electron chi connectivity index (χ4n) is 3.11. The Hall–Kier alpha value is -3.49. The number of hydrogen-bond donors (Lipinski definition) is 0. The first-order chi connectivity index (χ1) is 14.8. The molecular formula is C23H20F3O6-. The highest BCUT2D eigenvalue weighted by atomic mass is 19.4. The van der Waals surface area contributed by atoms with Crippen molar-refractivity contribution in [2.45, 2.75) is 39.3 Å². The highest BCUT2D eigenvalue weighted by molar-refractivity contribution is 5.80. The van der Waals surface area contributed by atoms with Crippen molar-refractivity contribution in [2.24, 2.45) is 0 Å². The number of aliphatic carboxylic acids is 1. The molecule has 0 saturated heterocycles. The molecule has 1 aromatic heterocycles. The maximum atomic E-state index is 13.8. The summed E-state index contributed by atoms with van der Waals surface area (Å²) in [5.74, 6) is -4.08. The number of carbonyl (C=O) groups is 1. The highest BCUT2D eigenvalue weighted by Crippen LogP contribution is 2.41. The number of carbonyl (C=O) groups excluding carboxylic acids is 1. The minimum absolute atomic E-state index is 0.0969. The minimum atomic E-state index is -5.03. The number of rotatable bonds is 5. The summed E-state index contributed by atoms with van der Waals surface area (Å²) in [7, 11) is 0. The van der Waals surface area contributed by atoms with Crippen LogP contribution in [0.2, 0.25) is 0 Å². The quantitative estimate of drug-likeness (QED) is 0.576. The van der Waals surface area contributed by atoms with Crippen molar-refractivity contribution in [1.82, 2.24) is 0 Å². The van der Waals surface area contributed by atoms with Crippen molar-refractivity contribution in [1.29, 1.82) is 0 Å². The van der Waals surface area contributed by atoms with Gasteiger partial charge in [0.1, 0.15) is 23.7 Å². The van der Waals surface area contributed by atoms with Crippen molar-refractivity contribution >= 4 is 16.9 Å². The summed E-state index contributed by atoms with van der Waals surface area (Å²) >= 11 is 0. The fourth-order valence-corrected chi connectivity index (χ4v) is 3.11. The van der Waals surface area contributed by atoms with Gasteiger partial charge in [0.2, 0.25) is 11.2 Å². The van der Waals surface area contributed by atoms with Crippen LogP contribution in [-0.2, 0) is 16.4 Å². The zero-order valence-corrected chi connectivity index (χ0v) is 17.8. The predicted octanol–water partition coefficient (Wildman–Crippen LogP) is 4.34. The van der Waals surface area contributed by atoms with Gasteiger partial charge in [-0.25, -0.2) is 0 Å². The standard InChI is InChI=1S/C23H21F3O6/c1-12-5-8-15(22(2,3)4)17(9-12)31-20-19(29)14-7-6-13(30-11-18(27)28)10-16(14)32-21(20)23(24,25)26/h5-10H,11H2,1-4H3,(H,27,28)/p-1. The van der Waals surface area contributed by atoms with E-state index in [1.165, 1.54) is 12.1 Å². The monoisotopic (exact) mass is 449 g/mol. The molecular weight excluding hydrogens is 429 g/mol. The molecule has 0 saturated carbocycles. The lowest BCUT2D eigenvalue weighted by atomic mass is 9.86. The number of aryl methyl sites for hydroxylation is 1. The molecule has 0 amide bonds. The Morgan fingerprint density at radius 2 is 1.78 bits per heavy atom. The molecule has 0 atom stereocenters. The van der Waals surface area contributed by atoms with Gasteiger partial charge in [-0.1, -0.05) is 32.9 Å². The number of fused-ring (bicyclic) bond motifs is 1. The third kappa shape index (κ3) is 4.87. The van der Waals surface area contributed by atoms with Crippen LogP contribution in [0.1, 0.15) is 37.7 Å². The first-order valence-electron chi connectivity index (χ1n) is 9.57. The van der Waals surface area contributed by atoms with Crippen molar-refractivity contribution in [3.05, 3.63) is 63.5 Å². The predicted molar refractivity (Wildman–Crippen MR) is 108 cm³/mol. The van der Waals surface area contributed by atoms with E-state index in [0.717, 1.165) is 11.6 Å². The van der Waals surface area contributed by atoms with E-state index >= 15 is 0 Å². The summed E-state index contributed by atoms with van der Waals surface area (Å²) in [6, 6.07) is 8.52. The molecule has 0 fully saturated rings. The second kappa shape index (κ2) is 8.22. The van der Waals surface area contributed by atoms with E-state index in [1.54, 1.807) is 25.1 Å². The van der Waals surface area contributed by atoms with Crippen molar-refractivity contribution in [2.75, 3.05) is 6.61 Å². The number of hydrogen-bond acceptors (Lipinski definition) is 6. The second-order valence-electron chi connectivity index (χ2n) is 8.26. The molecule has 1 heterocycles. The molecule has 9 heteroatoms. The highest BCUT2D eigenvalue weighted by Gasteiger charge is 2.41. The maximum absolute atomic E-state index is 13.8. The van der Waals surface area contributed by atoms with E-state index < -0.39 is 46.7 Å². The van der Waals surface area contributed by atoms with Crippen LogP contribution in [0.15, 0.2) is 45.6 Å². The smallest absolute Gasteiger partial charge is 0.453 e. The van der Waals surface area contributed by atoms with Crippen molar-refractivity contribution in [3.8, 4) is 17.2 Å². The van der Waals surface area contributed by atoms with Gasteiger partial charge in [0.25, 0.3) is 5.76 Å². The normalized spacial score (nSPS) is 12.1. The summed E-state index contributed by atoms with van der Waals surface area (Å²) in [5, 5.41) is 10.4. The number of alkyl halides is 3. The Labute approximate surface area is 181 Å². The average molecular weight is 449 g/mol. The van der Waals surface area contributed by atoms with Gasteiger partial charge >= 0.3 is 6.18 Å². The van der Waals surface area contributed by atoms with E-state index in [9.17, 15) is 27.9 Å². The van der Waals surface area contributed by atoms with Crippen LogP contribution in [0.4, 0.5) is 13.2 Å². The molecule has 170 valence electrons. The first kappa shape index (κ1) is 23.2. The molecule has 0 N–H and O–H groups in total. The van der Waals surface area contributed by atoms with Gasteiger partial charge in [0, 0.05) is 11.6 Å². The number of carboxylic acid groups (broad SMARTS) is 1. The van der Waals surface area contributed by atoms with Gasteiger partial charge in [-0.2, -0.15) is 13.2 Å². The van der Waals surface area contributed by atoms with Crippen LogP contribution in [0.5, 0.6) is 17.2 Å². The Bertz CT molecular complexity index is 1240. The molecule has 3 aromatic rings. The van der Waals surface area contributed by atoms with E-state index in [-0.39, 0.29) is 16.9 Å². The summed E-state index contributed by atoms with van der Waals surface area (Å²) in [6.07, 6.45) is -5.03. The topological polar surface area (TPSA) is 88.8 Å². The molecule has 32 heavy (non-hydrogen) atoms. The van der Waals surface area contributed by atoms with Gasteiger partial charge in [-0.15, -0.1) is 0 Å². The summed E-state index contributed by atoms with van der Waals surface area (Å²) < 4.78 is 56.9. The molecule has 2 aromatic carbocycles. The van der Waals surface area contributed by atoms with Crippen LogP contribution >= 0.6 is 0 Å². The van der Waals surface area contributed by atoms with Crippen LogP contribution in [-0.4, -0.2) is 12.6 Å². The molecule has 0 spiro atoms. The third-order valence-electron chi connectivity index (χ3n) is 4.59. The molecule has 0 aliphatic heterocycles. The maximum Gasteiger partial charge on any atom is 0.453 e. The van der Waals surface area contributed by atoms with Gasteiger partial charge in [0.05, 0.1) is 11.4 Å². The van der Waals surface area contributed by atoms with Gasteiger partial charge in [-0.05, 0) is 36.1 Å². The number of carboxylic acids is 1. The summed E-state index contributed by atoms with van der Waals surface area (Å²) in [6.45, 7) is 6.54. The number of benzene rings is 2. The Kier molecular flexibility index (Phi) is 5.95. The molecule has 0 radical (unpaired) electrons. The lowest BCUT2D eigenvalue weighted by molar-refractivity contribution is -0.307. The fraction of sp³-hybridized carbons (Fsp3) is 0.304. The first-order valence-corrected chi connectivity index (χ1v) is 9.57. The molecule has 0 unspecified atom stereocenters. The van der Waals surface area contributed by atoms with Crippen molar-refractivity contribution in [3.63, 3.8) is 0 Å². The van der Waals surface area contributed by atoms with Crippen LogP contribution in [0.25, 0.3) is 11.0 Å². The minimum Gasteiger partial charge on any atom is -0.546 e. The van der Waals surface area contributed by atoms with E-state index in [1.807, 2.05) is 20.8 Å². The molecule has 6 nitrogen and oxygen atoms in total. The van der Waals surface area contributed by atoms with Gasteiger partial charge in [0.15, 0.2) is 0 Å². The molecule has 0 aliphatic rings. The van der Waals surface area contributed by atoms with Gasteiger partial charge < -0.3 is 23.8 Å². The zero-order valence-electron chi connectivity index (χ0n) is 17.8. The third-order valence-corrected chi connectivity index (χ3v) is 4.59. The van der Waals surface area contributed by atoms with Crippen molar-refractivity contribution < 1.29 is 37.0 Å². The lowest BCUT2D eigenvalue weighted by Gasteiger charge is -2.23. The van der Waals surface area contributed by atoms with Crippen LogP contribution in [0, 0.1) is 6.92 Å². The second-order valence-corrected chi connectivity index (χ2v) is 8.26. The average Bonchev–Trinajstić information content (AvgIpc) is 2.66. The van der Waals surface area contributed by atoms with Crippen LogP contribution < -0.4 is 20.0 Å². The molecule has 0 aliphatic carbocycles. The summed E-state index contributed by atoms with van der Waals surface area (Å²) in [5.41, 5.74) is -0.565. The Morgan fingerprint density at radius 1 is 1.09 bits per heavy atom. The number of ether oxygens (including phenoxy) is 2. The van der Waals surface area contributed by atoms with E-state index in [2.05, 4.69) is 0 Å². The van der Waals surface area contributed by atoms with Gasteiger partial charge in [-0.3, -0.25) is 4.79 Å². The molecule has 0 bridgehead atoms. The summed E-state index contributed by atoms with van der Waals surface area (Å²) in [4.78, 5) is 23.5. The van der Waals surface area contributed by atoms with Crippen LogP contribution in [0.3, 0.4) is 0 Å². The largest absolute Gasteiger partial charge is 0.546 e.